The molecule has 1 amide bonds. The van der Waals surface area contributed by atoms with Crippen molar-refractivity contribution in [3.8, 4) is 0 Å². The van der Waals surface area contributed by atoms with E-state index in [9.17, 15) is 9.59 Å². The second-order valence-corrected chi connectivity index (χ2v) is 7.13. The van der Waals surface area contributed by atoms with Crippen LogP contribution >= 0.6 is 11.6 Å². The maximum Gasteiger partial charge on any atom is 0.360 e. The number of halogens is 1. The Kier molecular flexibility index (Phi) is 5.52. The number of methoxy groups -OCH3 is 1. The molecule has 1 N–H and O–H groups in total. The van der Waals surface area contributed by atoms with Crippen molar-refractivity contribution in [1.82, 2.24) is 15.1 Å². The fourth-order valence-corrected chi connectivity index (χ4v) is 2.68. The number of ether oxygens (including phenoxy) is 1. The van der Waals surface area contributed by atoms with Gasteiger partial charge in [0, 0.05) is 13.6 Å². The van der Waals surface area contributed by atoms with E-state index in [0.29, 0.717) is 6.54 Å². The summed E-state index contributed by atoms with van der Waals surface area (Å²) in [6.07, 6.45) is 0. The lowest BCUT2D eigenvalue weighted by Crippen LogP contribution is -2.25. The Bertz CT molecular complexity index is 789. The van der Waals surface area contributed by atoms with Crippen LogP contribution in [0.3, 0.4) is 0 Å². The van der Waals surface area contributed by atoms with E-state index in [0.717, 1.165) is 5.56 Å². The molecule has 6 nitrogen and oxygen atoms in total. The molecule has 0 saturated carbocycles. The molecule has 0 unspecified atom stereocenters. The second kappa shape index (κ2) is 7.27. The fraction of sp³-hybridized carbons (Fsp3) is 0.389. The maximum atomic E-state index is 12.4. The van der Waals surface area contributed by atoms with Gasteiger partial charge in [-0.1, -0.05) is 56.6 Å². The predicted molar refractivity (Wildman–Crippen MR) is 95.9 cm³/mol. The molecule has 1 aromatic heterocycles. The van der Waals surface area contributed by atoms with Gasteiger partial charge in [-0.25, -0.2) is 4.79 Å². The summed E-state index contributed by atoms with van der Waals surface area (Å²) >= 11 is 6.11. The number of amides is 1. The largest absolute Gasteiger partial charge is 0.464 e. The first-order valence-electron chi connectivity index (χ1n) is 7.83. The van der Waals surface area contributed by atoms with E-state index in [-0.39, 0.29) is 21.8 Å². The summed E-state index contributed by atoms with van der Waals surface area (Å²) in [6.45, 7) is 6.78. The number of hydrogen-bond acceptors (Lipinski definition) is 4. The fourth-order valence-electron chi connectivity index (χ4n) is 2.36. The third-order valence-electron chi connectivity index (χ3n) is 3.86. The van der Waals surface area contributed by atoms with E-state index in [4.69, 9.17) is 11.6 Å². The summed E-state index contributed by atoms with van der Waals surface area (Å²) in [6, 6.07) is 8.05. The number of nitrogens with zero attached hydrogens (tertiary/aromatic N) is 2. The summed E-state index contributed by atoms with van der Waals surface area (Å²) in [7, 11) is 2.78. The smallest absolute Gasteiger partial charge is 0.360 e. The van der Waals surface area contributed by atoms with Crippen LogP contribution in [0.4, 0.5) is 0 Å². The van der Waals surface area contributed by atoms with Crippen molar-refractivity contribution in [3.05, 3.63) is 51.8 Å². The zero-order valence-corrected chi connectivity index (χ0v) is 15.8. The van der Waals surface area contributed by atoms with E-state index < -0.39 is 11.9 Å². The Balaban J connectivity index is 2.11. The molecule has 0 radical (unpaired) electrons. The molecule has 0 aliphatic carbocycles. The Morgan fingerprint density at radius 3 is 2.36 bits per heavy atom. The van der Waals surface area contributed by atoms with Crippen LogP contribution in [0.25, 0.3) is 0 Å². The summed E-state index contributed by atoms with van der Waals surface area (Å²) in [5.41, 5.74) is 2.31. The minimum atomic E-state index is -0.683. The van der Waals surface area contributed by atoms with Crippen molar-refractivity contribution < 1.29 is 14.3 Å². The zero-order chi connectivity index (χ0) is 18.8. The quantitative estimate of drug-likeness (QED) is 0.847. The van der Waals surface area contributed by atoms with E-state index in [1.807, 2.05) is 24.3 Å². The van der Waals surface area contributed by atoms with Crippen LogP contribution in [0, 0.1) is 0 Å². The highest BCUT2D eigenvalue weighted by molar-refractivity contribution is 6.36. The van der Waals surface area contributed by atoms with Crippen molar-refractivity contribution in [2.45, 2.75) is 32.7 Å². The molecule has 0 aliphatic heterocycles. The topological polar surface area (TPSA) is 73.2 Å². The lowest BCUT2D eigenvalue weighted by Gasteiger charge is -2.19. The molecule has 0 fully saturated rings. The van der Waals surface area contributed by atoms with Gasteiger partial charge >= 0.3 is 5.97 Å². The van der Waals surface area contributed by atoms with Gasteiger partial charge in [-0.05, 0) is 16.5 Å². The molecule has 134 valence electrons. The number of nitrogens with one attached hydrogen (secondary N) is 1. The Morgan fingerprint density at radius 2 is 1.84 bits per heavy atom. The van der Waals surface area contributed by atoms with Gasteiger partial charge < -0.3 is 10.1 Å². The Morgan fingerprint density at radius 1 is 1.24 bits per heavy atom. The van der Waals surface area contributed by atoms with Gasteiger partial charge in [-0.2, -0.15) is 5.10 Å². The van der Waals surface area contributed by atoms with Crippen LogP contribution in [0.5, 0.6) is 0 Å². The van der Waals surface area contributed by atoms with E-state index in [2.05, 4.69) is 35.9 Å². The van der Waals surface area contributed by atoms with Crippen LogP contribution < -0.4 is 5.32 Å². The molecule has 0 spiro atoms. The number of esters is 1. The van der Waals surface area contributed by atoms with Crippen LogP contribution in [0.1, 0.15) is 52.9 Å². The summed E-state index contributed by atoms with van der Waals surface area (Å²) < 4.78 is 5.87. The second-order valence-electron chi connectivity index (χ2n) is 6.76. The third-order valence-corrected chi connectivity index (χ3v) is 4.21. The predicted octanol–water partition coefficient (Wildman–Crippen LogP) is 3.09. The van der Waals surface area contributed by atoms with Gasteiger partial charge in [0.2, 0.25) is 0 Å². The van der Waals surface area contributed by atoms with Crippen molar-refractivity contribution in [2.75, 3.05) is 7.11 Å². The standard InChI is InChI=1S/C18H22ClN3O3/c1-18(2,3)12-8-6-11(7-9-12)10-20-16(23)15-13(19)14(17(24)25-5)21-22(15)4/h6-9H,10H2,1-5H3,(H,20,23). The Labute approximate surface area is 152 Å². The van der Waals surface area contributed by atoms with Gasteiger partial charge in [0.05, 0.1) is 7.11 Å². The monoisotopic (exact) mass is 363 g/mol. The molecule has 25 heavy (non-hydrogen) atoms. The Hall–Kier alpha value is -2.34. The van der Waals surface area contributed by atoms with Crippen molar-refractivity contribution >= 4 is 23.5 Å². The molecule has 2 aromatic rings. The molecule has 7 heteroatoms. The van der Waals surface area contributed by atoms with E-state index in [1.165, 1.54) is 17.4 Å². The minimum absolute atomic E-state index is 0.0186. The first-order valence-corrected chi connectivity index (χ1v) is 8.21. The molecule has 1 aromatic carbocycles. The summed E-state index contributed by atoms with van der Waals surface area (Å²) in [5, 5.41) is 6.72. The van der Waals surface area contributed by atoms with E-state index in [1.54, 1.807) is 7.05 Å². The lowest BCUT2D eigenvalue weighted by atomic mass is 9.87. The zero-order valence-electron chi connectivity index (χ0n) is 15.0. The van der Waals surface area contributed by atoms with Crippen LogP contribution in [0.2, 0.25) is 5.02 Å². The number of aromatic nitrogens is 2. The van der Waals surface area contributed by atoms with Gasteiger partial charge in [0.15, 0.2) is 5.69 Å². The highest BCUT2D eigenvalue weighted by Gasteiger charge is 2.25. The third kappa shape index (κ3) is 4.20. The van der Waals surface area contributed by atoms with Gasteiger partial charge in [-0.3, -0.25) is 9.48 Å². The molecule has 0 aliphatic rings. The number of benzene rings is 1. The first kappa shape index (κ1) is 19.0. The molecule has 2 rings (SSSR count). The average Bonchev–Trinajstić information content (AvgIpc) is 2.86. The lowest BCUT2D eigenvalue weighted by molar-refractivity contribution is 0.0593. The molecular formula is C18H22ClN3O3. The normalized spacial score (nSPS) is 11.3. The van der Waals surface area contributed by atoms with Crippen LogP contribution in [-0.2, 0) is 23.7 Å². The number of hydrogen-bond donors (Lipinski definition) is 1. The van der Waals surface area contributed by atoms with Crippen molar-refractivity contribution in [3.63, 3.8) is 0 Å². The summed E-state index contributed by atoms with van der Waals surface area (Å²) in [4.78, 5) is 24.0. The van der Waals surface area contributed by atoms with Crippen molar-refractivity contribution in [1.29, 1.82) is 0 Å². The molecular weight excluding hydrogens is 342 g/mol. The van der Waals surface area contributed by atoms with Gasteiger partial charge in [0.25, 0.3) is 5.91 Å². The van der Waals surface area contributed by atoms with E-state index >= 15 is 0 Å². The van der Waals surface area contributed by atoms with Gasteiger partial charge in [0.1, 0.15) is 10.7 Å². The average molecular weight is 364 g/mol. The number of carbonyl (C=O) groups excluding carboxylic acids is 2. The maximum absolute atomic E-state index is 12.4. The minimum Gasteiger partial charge on any atom is -0.464 e. The van der Waals surface area contributed by atoms with Crippen LogP contribution in [0.15, 0.2) is 24.3 Å². The number of rotatable bonds is 4. The molecule has 1 heterocycles. The highest BCUT2D eigenvalue weighted by atomic mass is 35.5. The molecule has 0 saturated heterocycles. The molecule has 0 bridgehead atoms. The van der Waals surface area contributed by atoms with Crippen LogP contribution in [-0.4, -0.2) is 28.8 Å². The SMILES string of the molecule is COC(=O)c1nn(C)c(C(=O)NCc2ccc(C(C)(C)C)cc2)c1Cl. The molecule has 0 atom stereocenters. The highest BCUT2D eigenvalue weighted by Crippen LogP contribution is 2.23. The summed E-state index contributed by atoms with van der Waals surface area (Å²) in [5.74, 6) is -1.09. The first-order chi connectivity index (χ1) is 11.6. The van der Waals surface area contributed by atoms with Gasteiger partial charge in [-0.15, -0.1) is 0 Å². The number of aryl methyl sites for hydroxylation is 1. The van der Waals surface area contributed by atoms with Crippen molar-refractivity contribution in [2.24, 2.45) is 7.05 Å². The number of carbonyl (C=O) groups is 2.